The molecule has 0 spiro atoms. The van der Waals surface area contributed by atoms with Crippen molar-refractivity contribution in [3.05, 3.63) is 42.1 Å². The number of carbonyl (C=O) groups excluding carboxylic acids is 1. The number of carbonyl (C=O) groups is 1. The Balaban J connectivity index is 2.20. The number of aliphatic hydroxyl groups excluding tert-OH is 1. The third-order valence-electron chi connectivity index (χ3n) is 4.34. The molecule has 4 heteroatoms. The summed E-state index contributed by atoms with van der Waals surface area (Å²) in [7, 11) is 0. The van der Waals surface area contributed by atoms with Gasteiger partial charge in [-0.3, -0.25) is 9.78 Å². The third-order valence-corrected chi connectivity index (χ3v) is 4.34. The molecule has 0 bridgehead atoms. The van der Waals surface area contributed by atoms with Crippen LogP contribution in [0.15, 0.2) is 36.5 Å². The molecule has 2 N–H and O–H groups in total. The molecule has 1 heterocycles. The van der Waals surface area contributed by atoms with Crippen LogP contribution in [0.1, 0.15) is 37.0 Å². The minimum atomic E-state index is -0.242. The molecule has 0 aliphatic heterocycles. The summed E-state index contributed by atoms with van der Waals surface area (Å²) in [4.78, 5) is 16.7. The zero-order valence-electron chi connectivity index (χ0n) is 12.6. The van der Waals surface area contributed by atoms with Crippen LogP contribution in [0.25, 0.3) is 10.9 Å². The van der Waals surface area contributed by atoms with Crippen LogP contribution in [0.4, 0.5) is 0 Å². The Kier molecular flexibility index (Phi) is 4.91. The number of aliphatic hydroxyl groups is 1. The van der Waals surface area contributed by atoms with Gasteiger partial charge in [0, 0.05) is 23.5 Å². The number of pyridine rings is 1. The largest absolute Gasteiger partial charge is 0.396 e. The first-order valence-corrected chi connectivity index (χ1v) is 7.38. The summed E-state index contributed by atoms with van der Waals surface area (Å²) in [6.45, 7) is 4.61. The fourth-order valence-electron chi connectivity index (χ4n) is 2.43. The van der Waals surface area contributed by atoms with Crippen molar-refractivity contribution in [1.29, 1.82) is 0 Å². The lowest BCUT2D eigenvalue weighted by atomic mass is 9.83. The lowest BCUT2D eigenvalue weighted by Gasteiger charge is -2.29. The number of fused-ring (bicyclic) bond motifs is 1. The van der Waals surface area contributed by atoms with Gasteiger partial charge < -0.3 is 10.4 Å². The average Bonchev–Trinajstić information content (AvgIpc) is 2.56. The maximum atomic E-state index is 12.4. The minimum absolute atomic E-state index is 0.0774. The van der Waals surface area contributed by atoms with E-state index < -0.39 is 0 Å². The Morgan fingerprint density at radius 3 is 2.62 bits per heavy atom. The standard InChI is InChI=1S/C17H22N2O2/c1-3-17(4-2,12-20)11-19-16(21)14-9-5-7-13-8-6-10-18-15(13)14/h5-10,20H,3-4,11-12H2,1-2H3,(H,19,21). The summed E-state index contributed by atoms with van der Waals surface area (Å²) in [6, 6.07) is 9.38. The first kappa shape index (κ1) is 15.4. The van der Waals surface area contributed by atoms with Gasteiger partial charge in [0.1, 0.15) is 0 Å². The number of hydrogen-bond acceptors (Lipinski definition) is 3. The minimum Gasteiger partial charge on any atom is -0.396 e. The quantitative estimate of drug-likeness (QED) is 0.858. The summed E-state index contributed by atoms with van der Waals surface area (Å²) >= 11 is 0. The molecular weight excluding hydrogens is 264 g/mol. The van der Waals surface area contributed by atoms with Crippen LogP contribution in [0.5, 0.6) is 0 Å². The topological polar surface area (TPSA) is 62.2 Å². The maximum Gasteiger partial charge on any atom is 0.253 e. The molecule has 0 aliphatic rings. The number of amides is 1. The second-order valence-electron chi connectivity index (χ2n) is 5.43. The fraction of sp³-hybridized carbons (Fsp3) is 0.412. The van der Waals surface area contributed by atoms with Crippen LogP contribution in [0.3, 0.4) is 0 Å². The van der Waals surface area contributed by atoms with Gasteiger partial charge >= 0.3 is 0 Å². The second kappa shape index (κ2) is 6.68. The highest BCUT2D eigenvalue weighted by molar-refractivity contribution is 6.05. The zero-order chi connectivity index (χ0) is 15.3. The fourth-order valence-corrected chi connectivity index (χ4v) is 2.43. The molecule has 0 saturated carbocycles. The molecule has 2 rings (SSSR count). The molecule has 2 aromatic rings. The van der Waals surface area contributed by atoms with Crippen LogP contribution in [0.2, 0.25) is 0 Å². The summed E-state index contributed by atoms with van der Waals surface area (Å²) < 4.78 is 0. The van der Waals surface area contributed by atoms with Crippen molar-refractivity contribution in [2.75, 3.05) is 13.2 Å². The van der Waals surface area contributed by atoms with Crippen LogP contribution in [-0.4, -0.2) is 29.1 Å². The Hall–Kier alpha value is -1.94. The molecule has 112 valence electrons. The van der Waals surface area contributed by atoms with Crippen molar-refractivity contribution in [2.45, 2.75) is 26.7 Å². The van der Waals surface area contributed by atoms with Gasteiger partial charge in [0.05, 0.1) is 17.7 Å². The summed E-state index contributed by atoms with van der Waals surface area (Å²) in [5, 5.41) is 13.5. The zero-order valence-corrected chi connectivity index (χ0v) is 12.6. The van der Waals surface area contributed by atoms with E-state index in [1.54, 1.807) is 12.3 Å². The molecular formula is C17H22N2O2. The van der Waals surface area contributed by atoms with E-state index in [9.17, 15) is 9.90 Å². The van der Waals surface area contributed by atoms with Gasteiger partial charge in [-0.15, -0.1) is 0 Å². The Bertz CT molecular complexity index is 607. The predicted molar refractivity (Wildman–Crippen MR) is 84.2 cm³/mol. The average molecular weight is 286 g/mol. The van der Waals surface area contributed by atoms with E-state index in [4.69, 9.17) is 0 Å². The highest BCUT2D eigenvalue weighted by Crippen LogP contribution is 2.24. The molecule has 0 unspecified atom stereocenters. The molecule has 1 aromatic carbocycles. The highest BCUT2D eigenvalue weighted by Gasteiger charge is 2.26. The van der Waals surface area contributed by atoms with Crippen LogP contribution in [0, 0.1) is 5.41 Å². The van der Waals surface area contributed by atoms with E-state index in [0.717, 1.165) is 18.2 Å². The highest BCUT2D eigenvalue weighted by atomic mass is 16.3. The third kappa shape index (κ3) is 3.22. The normalized spacial score (nSPS) is 11.6. The van der Waals surface area contributed by atoms with E-state index in [1.165, 1.54) is 0 Å². The van der Waals surface area contributed by atoms with Crippen LogP contribution >= 0.6 is 0 Å². The lowest BCUT2D eigenvalue weighted by Crippen LogP contribution is -2.39. The lowest BCUT2D eigenvalue weighted by molar-refractivity contribution is 0.0852. The monoisotopic (exact) mass is 286 g/mol. The number of nitrogens with one attached hydrogen (secondary N) is 1. The van der Waals surface area contributed by atoms with Gasteiger partial charge in [-0.1, -0.05) is 32.0 Å². The number of aromatic nitrogens is 1. The number of nitrogens with zero attached hydrogens (tertiary/aromatic N) is 1. The molecule has 0 atom stereocenters. The molecule has 1 amide bonds. The van der Waals surface area contributed by atoms with Gasteiger partial charge in [0.2, 0.25) is 0 Å². The first-order valence-electron chi connectivity index (χ1n) is 7.38. The molecule has 1 aromatic heterocycles. The van der Waals surface area contributed by atoms with Gasteiger partial charge in [-0.05, 0) is 25.0 Å². The first-order chi connectivity index (χ1) is 10.2. The van der Waals surface area contributed by atoms with E-state index in [-0.39, 0.29) is 17.9 Å². The van der Waals surface area contributed by atoms with Gasteiger partial charge in [0.25, 0.3) is 5.91 Å². The van der Waals surface area contributed by atoms with Crippen molar-refractivity contribution in [2.24, 2.45) is 5.41 Å². The van der Waals surface area contributed by atoms with Gasteiger partial charge in [0.15, 0.2) is 0 Å². The SMILES string of the molecule is CCC(CC)(CO)CNC(=O)c1cccc2cccnc12. The summed E-state index contributed by atoms with van der Waals surface area (Å²) in [6.07, 6.45) is 3.34. The Morgan fingerprint density at radius 2 is 1.95 bits per heavy atom. The molecule has 0 aliphatic carbocycles. The van der Waals surface area contributed by atoms with Crippen LogP contribution in [-0.2, 0) is 0 Å². The van der Waals surface area contributed by atoms with Gasteiger partial charge in [-0.25, -0.2) is 0 Å². The Morgan fingerprint density at radius 1 is 1.24 bits per heavy atom. The van der Waals surface area contributed by atoms with E-state index in [1.807, 2.05) is 38.1 Å². The Labute approximate surface area is 125 Å². The van der Waals surface area contributed by atoms with Gasteiger partial charge in [-0.2, -0.15) is 0 Å². The smallest absolute Gasteiger partial charge is 0.253 e. The van der Waals surface area contributed by atoms with Crippen molar-refractivity contribution in [3.63, 3.8) is 0 Å². The van der Waals surface area contributed by atoms with Crippen molar-refractivity contribution < 1.29 is 9.90 Å². The second-order valence-corrected chi connectivity index (χ2v) is 5.43. The predicted octanol–water partition coefficient (Wildman–Crippen LogP) is 2.76. The molecule has 0 radical (unpaired) electrons. The van der Waals surface area contributed by atoms with Crippen LogP contribution < -0.4 is 5.32 Å². The number of benzene rings is 1. The van der Waals surface area contributed by atoms with E-state index in [2.05, 4.69) is 10.3 Å². The van der Waals surface area contributed by atoms with Crippen molar-refractivity contribution in [1.82, 2.24) is 10.3 Å². The summed E-state index contributed by atoms with van der Waals surface area (Å²) in [5.74, 6) is -0.140. The van der Waals surface area contributed by atoms with Crippen molar-refractivity contribution in [3.8, 4) is 0 Å². The molecule has 0 fully saturated rings. The number of rotatable bonds is 6. The van der Waals surface area contributed by atoms with Crippen molar-refractivity contribution >= 4 is 16.8 Å². The molecule has 21 heavy (non-hydrogen) atoms. The molecule has 4 nitrogen and oxygen atoms in total. The van der Waals surface area contributed by atoms with E-state index in [0.29, 0.717) is 17.6 Å². The number of para-hydroxylation sites is 1. The summed E-state index contributed by atoms with van der Waals surface area (Å²) in [5.41, 5.74) is 1.04. The number of hydrogen-bond donors (Lipinski definition) is 2. The van der Waals surface area contributed by atoms with E-state index >= 15 is 0 Å². The molecule has 0 saturated heterocycles. The maximum absolute atomic E-state index is 12.4.